The zero-order valence-corrected chi connectivity index (χ0v) is 8.26. The van der Waals surface area contributed by atoms with Crippen LogP contribution in [0.1, 0.15) is 6.92 Å². The maximum Gasteiger partial charge on any atom is 0.170 e. The smallest absolute Gasteiger partial charge is 0.170 e. The molecular weight excluding hydrogens is 220 g/mol. The molecule has 0 fully saturated rings. The number of pyridine rings is 1. The van der Waals surface area contributed by atoms with Gasteiger partial charge in [-0.15, -0.1) is 0 Å². The molecule has 0 bridgehead atoms. The highest BCUT2D eigenvalue weighted by atomic mass is 79.9. The van der Waals surface area contributed by atoms with Crippen LogP contribution in [0.3, 0.4) is 0 Å². The van der Waals surface area contributed by atoms with E-state index in [1.54, 1.807) is 0 Å². The number of rotatable bonds is 0. The summed E-state index contributed by atoms with van der Waals surface area (Å²) in [5.41, 5.74) is 0. The summed E-state index contributed by atoms with van der Waals surface area (Å²) >= 11 is 3.30. The summed E-state index contributed by atoms with van der Waals surface area (Å²) in [5, 5.41) is 3.19. The number of halogens is 1. The molecule has 1 unspecified atom stereocenters. The number of anilines is 1. The second-order valence-electron chi connectivity index (χ2n) is 2.79. The zero-order valence-electron chi connectivity index (χ0n) is 6.67. The molecule has 0 saturated heterocycles. The summed E-state index contributed by atoms with van der Waals surface area (Å²) in [5.74, 6) is 1.65. The fourth-order valence-electron chi connectivity index (χ4n) is 1.14. The van der Waals surface area contributed by atoms with Crippen LogP contribution >= 0.6 is 15.9 Å². The highest BCUT2D eigenvalue weighted by Crippen LogP contribution is 2.28. The molecule has 0 saturated carbocycles. The van der Waals surface area contributed by atoms with Crippen molar-refractivity contribution in [2.24, 2.45) is 0 Å². The molecule has 0 aromatic carbocycles. The molecule has 1 atom stereocenters. The minimum Gasteiger partial charge on any atom is -0.485 e. The summed E-state index contributed by atoms with van der Waals surface area (Å²) in [6.45, 7) is 2.84. The van der Waals surface area contributed by atoms with E-state index in [2.05, 4.69) is 26.2 Å². The van der Waals surface area contributed by atoms with E-state index in [1.807, 2.05) is 19.1 Å². The average molecular weight is 229 g/mol. The number of hydrogen-bond acceptors (Lipinski definition) is 3. The van der Waals surface area contributed by atoms with E-state index in [0.29, 0.717) is 0 Å². The average Bonchev–Trinajstić information content (AvgIpc) is 2.05. The summed E-state index contributed by atoms with van der Waals surface area (Å²) in [6.07, 6.45) is 0.223. The van der Waals surface area contributed by atoms with E-state index >= 15 is 0 Å². The Kier molecular flexibility index (Phi) is 1.92. The van der Waals surface area contributed by atoms with E-state index in [4.69, 9.17) is 4.74 Å². The summed E-state index contributed by atoms with van der Waals surface area (Å²) in [6, 6.07) is 3.79. The molecule has 1 N–H and O–H groups in total. The monoisotopic (exact) mass is 228 g/mol. The topological polar surface area (TPSA) is 34.2 Å². The molecule has 2 heterocycles. The normalized spacial score (nSPS) is 20.7. The molecular formula is C8H9BrN2O. The molecule has 1 aliphatic rings. The van der Waals surface area contributed by atoms with Gasteiger partial charge in [0.25, 0.3) is 0 Å². The second kappa shape index (κ2) is 2.94. The quantitative estimate of drug-likeness (QED) is 0.691. The lowest BCUT2D eigenvalue weighted by Gasteiger charge is -2.23. The first-order valence-electron chi connectivity index (χ1n) is 3.83. The third-order valence-corrected chi connectivity index (χ3v) is 2.15. The van der Waals surface area contributed by atoms with Gasteiger partial charge in [0.05, 0.1) is 6.54 Å². The van der Waals surface area contributed by atoms with E-state index in [-0.39, 0.29) is 6.10 Å². The number of ether oxygens (including phenoxy) is 1. The Bertz CT molecular complexity index is 303. The highest BCUT2D eigenvalue weighted by molar-refractivity contribution is 9.10. The molecule has 2 rings (SSSR count). The largest absolute Gasteiger partial charge is 0.485 e. The van der Waals surface area contributed by atoms with Crippen molar-refractivity contribution in [1.29, 1.82) is 0 Å². The van der Waals surface area contributed by atoms with E-state index in [0.717, 1.165) is 22.7 Å². The molecule has 0 radical (unpaired) electrons. The first-order valence-corrected chi connectivity index (χ1v) is 4.62. The molecule has 0 amide bonds. The van der Waals surface area contributed by atoms with Gasteiger partial charge in [-0.3, -0.25) is 0 Å². The number of aromatic nitrogens is 1. The van der Waals surface area contributed by atoms with Crippen LogP contribution in [0.25, 0.3) is 0 Å². The third kappa shape index (κ3) is 1.39. The van der Waals surface area contributed by atoms with Crippen molar-refractivity contribution in [3.8, 4) is 5.75 Å². The number of nitrogens with zero attached hydrogens (tertiary/aromatic N) is 1. The minimum absolute atomic E-state index is 0.223. The first-order chi connectivity index (χ1) is 5.75. The Labute approximate surface area is 79.3 Å². The lowest BCUT2D eigenvalue weighted by atomic mass is 10.3. The van der Waals surface area contributed by atoms with Gasteiger partial charge in [-0.05, 0) is 35.0 Å². The molecule has 4 heteroatoms. The minimum atomic E-state index is 0.223. The zero-order chi connectivity index (χ0) is 8.55. The van der Waals surface area contributed by atoms with Gasteiger partial charge in [0.15, 0.2) is 11.6 Å². The second-order valence-corrected chi connectivity index (χ2v) is 3.60. The van der Waals surface area contributed by atoms with Crippen LogP contribution < -0.4 is 10.1 Å². The molecule has 0 aliphatic carbocycles. The Morgan fingerprint density at radius 3 is 3.33 bits per heavy atom. The molecule has 1 aromatic heterocycles. The van der Waals surface area contributed by atoms with Crippen LogP contribution in [-0.2, 0) is 0 Å². The fourth-order valence-corrected chi connectivity index (χ4v) is 1.45. The van der Waals surface area contributed by atoms with Crippen molar-refractivity contribution in [2.45, 2.75) is 13.0 Å². The Balaban J connectivity index is 2.37. The van der Waals surface area contributed by atoms with Crippen molar-refractivity contribution in [3.05, 3.63) is 16.7 Å². The van der Waals surface area contributed by atoms with Crippen LogP contribution in [0.2, 0.25) is 0 Å². The van der Waals surface area contributed by atoms with Gasteiger partial charge >= 0.3 is 0 Å². The van der Waals surface area contributed by atoms with E-state index < -0.39 is 0 Å². The van der Waals surface area contributed by atoms with Crippen LogP contribution in [0, 0.1) is 0 Å². The van der Waals surface area contributed by atoms with Crippen molar-refractivity contribution >= 4 is 21.7 Å². The Morgan fingerprint density at radius 2 is 2.50 bits per heavy atom. The van der Waals surface area contributed by atoms with Crippen molar-refractivity contribution in [2.75, 3.05) is 11.9 Å². The van der Waals surface area contributed by atoms with Gasteiger partial charge in [-0.1, -0.05) is 0 Å². The summed E-state index contributed by atoms with van der Waals surface area (Å²) < 4.78 is 6.37. The number of hydrogen-bond donors (Lipinski definition) is 1. The SMILES string of the molecule is CC1CNc2nc(Br)ccc2O1. The van der Waals surface area contributed by atoms with E-state index in [1.165, 1.54) is 0 Å². The maximum atomic E-state index is 5.54. The Hall–Kier alpha value is -0.770. The maximum absolute atomic E-state index is 5.54. The van der Waals surface area contributed by atoms with Gasteiger partial charge in [-0.2, -0.15) is 0 Å². The van der Waals surface area contributed by atoms with Crippen molar-refractivity contribution in [1.82, 2.24) is 4.98 Å². The van der Waals surface area contributed by atoms with Gasteiger partial charge < -0.3 is 10.1 Å². The predicted molar refractivity (Wildman–Crippen MR) is 50.5 cm³/mol. The lowest BCUT2D eigenvalue weighted by molar-refractivity contribution is 0.224. The van der Waals surface area contributed by atoms with E-state index in [9.17, 15) is 0 Å². The molecule has 12 heavy (non-hydrogen) atoms. The van der Waals surface area contributed by atoms with Gasteiger partial charge in [0, 0.05) is 0 Å². The number of nitrogens with one attached hydrogen (secondary N) is 1. The molecule has 3 nitrogen and oxygen atoms in total. The van der Waals surface area contributed by atoms with Crippen molar-refractivity contribution in [3.63, 3.8) is 0 Å². The molecule has 1 aromatic rings. The fraction of sp³-hybridized carbons (Fsp3) is 0.375. The van der Waals surface area contributed by atoms with Crippen LogP contribution in [0.4, 0.5) is 5.82 Å². The predicted octanol–water partition coefficient (Wildman–Crippen LogP) is 2.04. The van der Waals surface area contributed by atoms with Gasteiger partial charge in [-0.25, -0.2) is 4.98 Å². The van der Waals surface area contributed by atoms with Gasteiger partial charge in [0.2, 0.25) is 0 Å². The standard InChI is InChI=1S/C8H9BrN2O/c1-5-4-10-8-6(12-5)2-3-7(9)11-8/h2-3,5H,4H2,1H3,(H,10,11). The number of fused-ring (bicyclic) bond motifs is 1. The van der Waals surface area contributed by atoms with Gasteiger partial charge in [0.1, 0.15) is 10.7 Å². The Morgan fingerprint density at radius 1 is 1.67 bits per heavy atom. The molecule has 0 spiro atoms. The lowest BCUT2D eigenvalue weighted by Crippen LogP contribution is -2.28. The third-order valence-electron chi connectivity index (χ3n) is 1.71. The summed E-state index contributed by atoms with van der Waals surface area (Å²) in [4.78, 5) is 4.23. The van der Waals surface area contributed by atoms with Crippen molar-refractivity contribution < 1.29 is 4.74 Å². The summed E-state index contributed by atoms with van der Waals surface area (Å²) in [7, 11) is 0. The van der Waals surface area contributed by atoms with Crippen LogP contribution in [0.5, 0.6) is 5.75 Å². The molecule has 1 aliphatic heterocycles. The van der Waals surface area contributed by atoms with Crippen LogP contribution in [-0.4, -0.2) is 17.6 Å². The first kappa shape index (κ1) is 7.86. The highest BCUT2D eigenvalue weighted by Gasteiger charge is 2.15. The van der Waals surface area contributed by atoms with Crippen LogP contribution in [0.15, 0.2) is 16.7 Å². The molecule has 64 valence electrons.